The fraction of sp³-hybridized carbons (Fsp3) is 0.176. The van der Waals surface area contributed by atoms with Crippen LogP contribution < -0.4 is 4.90 Å². The lowest BCUT2D eigenvalue weighted by Crippen LogP contribution is -2.16. The van der Waals surface area contributed by atoms with E-state index in [1.807, 2.05) is 6.07 Å². The van der Waals surface area contributed by atoms with Gasteiger partial charge in [0, 0.05) is 19.3 Å². The Kier molecular flexibility index (Phi) is 4.19. The number of aryl methyl sites for hydroxylation is 1. The van der Waals surface area contributed by atoms with Gasteiger partial charge in [0.2, 0.25) is 0 Å². The summed E-state index contributed by atoms with van der Waals surface area (Å²) in [5, 5.41) is 0. The summed E-state index contributed by atoms with van der Waals surface area (Å²) < 4.78 is 0. The minimum atomic E-state index is 0.915. The van der Waals surface area contributed by atoms with E-state index in [0.717, 1.165) is 6.54 Å². The van der Waals surface area contributed by atoms with E-state index in [2.05, 4.69) is 79.6 Å². The number of anilines is 1. The average molecular weight is 237 g/mol. The first-order valence-corrected chi connectivity index (χ1v) is 6.25. The molecule has 0 aliphatic heterocycles. The molecule has 1 nitrogen and oxygen atoms in total. The monoisotopic (exact) mass is 237 g/mol. The lowest BCUT2D eigenvalue weighted by Gasteiger charge is -2.17. The highest BCUT2D eigenvalue weighted by atomic mass is 15.1. The molecule has 0 saturated carbocycles. The van der Waals surface area contributed by atoms with Crippen molar-refractivity contribution in [3.8, 4) is 0 Å². The van der Waals surface area contributed by atoms with E-state index in [1.165, 1.54) is 16.8 Å². The topological polar surface area (TPSA) is 3.24 Å². The summed E-state index contributed by atoms with van der Waals surface area (Å²) in [6.07, 6.45) is 4.35. The summed E-state index contributed by atoms with van der Waals surface area (Å²) in [5.41, 5.74) is 3.79. The van der Waals surface area contributed by atoms with Crippen LogP contribution in [0.2, 0.25) is 0 Å². The van der Waals surface area contributed by atoms with E-state index >= 15 is 0 Å². The van der Waals surface area contributed by atoms with E-state index in [4.69, 9.17) is 0 Å². The van der Waals surface area contributed by atoms with Gasteiger partial charge in [0.05, 0.1) is 0 Å². The molecule has 0 spiro atoms. The number of rotatable bonds is 4. The molecule has 0 bridgehead atoms. The summed E-state index contributed by atoms with van der Waals surface area (Å²) in [6, 6.07) is 19.0. The van der Waals surface area contributed by atoms with Crippen molar-refractivity contribution < 1.29 is 0 Å². The molecule has 0 radical (unpaired) electrons. The van der Waals surface area contributed by atoms with Gasteiger partial charge in [0.25, 0.3) is 0 Å². The van der Waals surface area contributed by atoms with Crippen LogP contribution in [0.1, 0.15) is 11.1 Å². The predicted octanol–water partition coefficient (Wildman–Crippen LogP) is 4.14. The molecule has 18 heavy (non-hydrogen) atoms. The molecule has 0 fully saturated rings. The van der Waals surface area contributed by atoms with Gasteiger partial charge in [-0.3, -0.25) is 0 Å². The molecule has 0 aromatic heterocycles. The van der Waals surface area contributed by atoms with E-state index in [-0.39, 0.29) is 0 Å². The first kappa shape index (κ1) is 12.4. The van der Waals surface area contributed by atoms with Crippen LogP contribution >= 0.6 is 0 Å². The van der Waals surface area contributed by atoms with Gasteiger partial charge < -0.3 is 4.90 Å². The number of hydrogen-bond acceptors (Lipinski definition) is 1. The molecule has 0 aliphatic carbocycles. The second-order valence-electron chi connectivity index (χ2n) is 4.53. The van der Waals surface area contributed by atoms with E-state index in [0.29, 0.717) is 0 Å². The van der Waals surface area contributed by atoms with Crippen LogP contribution in [-0.2, 0) is 0 Å². The van der Waals surface area contributed by atoms with Crippen molar-refractivity contribution in [1.29, 1.82) is 0 Å². The van der Waals surface area contributed by atoms with Gasteiger partial charge in [-0.2, -0.15) is 0 Å². The summed E-state index contributed by atoms with van der Waals surface area (Å²) in [6.45, 7) is 3.02. The average Bonchev–Trinajstić information content (AvgIpc) is 2.40. The summed E-state index contributed by atoms with van der Waals surface area (Å²) in [4.78, 5) is 2.24. The van der Waals surface area contributed by atoms with E-state index in [9.17, 15) is 0 Å². The first-order valence-electron chi connectivity index (χ1n) is 6.25. The summed E-state index contributed by atoms with van der Waals surface area (Å²) in [7, 11) is 2.11. The quantitative estimate of drug-likeness (QED) is 0.772. The zero-order valence-electron chi connectivity index (χ0n) is 11.0. The Hall–Kier alpha value is -2.02. The molecule has 0 unspecified atom stereocenters. The van der Waals surface area contributed by atoms with Crippen LogP contribution in [-0.4, -0.2) is 13.6 Å². The third-order valence-electron chi connectivity index (χ3n) is 2.96. The largest absolute Gasteiger partial charge is 0.371 e. The molecule has 1 heteroatoms. The molecule has 0 saturated heterocycles. The minimum Gasteiger partial charge on any atom is -0.371 e. The number of likely N-dealkylation sites (N-methyl/N-ethyl adjacent to an activating group) is 1. The minimum absolute atomic E-state index is 0.915. The number of nitrogens with zero attached hydrogens (tertiary/aromatic N) is 1. The smallest absolute Gasteiger partial charge is 0.0366 e. The van der Waals surface area contributed by atoms with Crippen molar-refractivity contribution in [2.45, 2.75) is 6.92 Å². The third-order valence-corrected chi connectivity index (χ3v) is 2.96. The fourth-order valence-electron chi connectivity index (χ4n) is 1.82. The first-order chi connectivity index (χ1) is 8.75. The second-order valence-corrected chi connectivity index (χ2v) is 4.53. The number of benzene rings is 2. The Morgan fingerprint density at radius 2 is 1.61 bits per heavy atom. The van der Waals surface area contributed by atoms with Crippen LogP contribution in [0.5, 0.6) is 0 Å². The predicted molar refractivity (Wildman–Crippen MR) is 79.9 cm³/mol. The Morgan fingerprint density at radius 3 is 2.28 bits per heavy atom. The lowest BCUT2D eigenvalue weighted by atomic mass is 10.2. The van der Waals surface area contributed by atoms with Gasteiger partial charge in [-0.25, -0.2) is 0 Å². The summed E-state index contributed by atoms with van der Waals surface area (Å²) in [5.74, 6) is 0. The lowest BCUT2D eigenvalue weighted by molar-refractivity contribution is 1.03. The molecule has 92 valence electrons. The van der Waals surface area contributed by atoms with Crippen molar-refractivity contribution in [2.75, 3.05) is 18.5 Å². The van der Waals surface area contributed by atoms with Crippen LogP contribution in [0.25, 0.3) is 6.08 Å². The van der Waals surface area contributed by atoms with Crippen molar-refractivity contribution in [3.05, 3.63) is 71.8 Å². The Bertz CT molecular complexity index is 497. The van der Waals surface area contributed by atoms with Crippen LogP contribution in [0.15, 0.2) is 60.7 Å². The van der Waals surface area contributed by atoms with Gasteiger partial charge in [-0.05, 0) is 24.6 Å². The van der Waals surface area contributed by atoms with Crippen molar-refractivity contribution in [2.24, 2.45) is 0 Å². The molecule has 0 heterocycles. The van der Waals surface area contributed by atoms with Crippen LogP contribution in [0.4, 0.5) is 5.69 Å². The molecular formula is C17H19N. The standard InChI is InChI=1S/C17H19N/c1-15-10-12-17(13-11-15)18(2)14-6-9-16-7-4-3-5-8-16/h3-13H,14H2,1-2H3/b9-6+. The maximum absolute atomic E-state index is 2.24. The molecule has 0 amide bonds. The molecule has 2 aromatic carbocycles. The Labute approximate surface area is 109 Å². The molecule has 2 rings (SSSR count). The summed E-state index contributed by atoms with van der Waals surface area (Å²) >= 11 is 0. The SMILES string of the molecule is Cc1ccc(N(C)C/C=C/c2ccccc2)cc1. The van der Waals surface area contributed by atoms with Gasteiger partial charge >= 0.3 is 0 Å². The molecule has 0 atom stereocenters. The van der Waals surface area contributed by atoms with Gasteiger partial charge in [-0.15, -0.1) is 0 Å². The van der Waals surface area contributed by atoms with Crippen molar-refractivity contribution >= 4 is 11.8 Å². The highest BCUT2D eigenvalue weighted by molar-refractivity contribution is 5.52. The van der Waals surface area contributed by atoms with Gasteiger partial charge in [0.1, 0.15) is 0 Å². The van der Waals surface area contributed by atoms with E-state index in [1.54, 1.807) is 0 Å². The maximum atomic E-state index is 2.24. The molecule has 2 aromatic rings. The molecule has 0 aliphatic rings. The third kappa shape index (κ3) is 3.49. The van der Waals surface area contributed by atoms with Crippen LogP contribution in [0.3, 0.4) is 0 Å². The highest BCUT2D eigenvalue weighted by Crippen LogP contribution is 2.13. The van der Waals surface area contributed by atoms with Gasteiger partial charge in [-0.1, -0.05) is 60.2 Å². The Morgan fingerprint density at radius 1 is 0.944 bits per heavy atom. The zero-order valence-corrected chi connectivity index (χ0v) is 11.0. The maximum Gasteiger partial charge on any atom is 0.0366 e. The van der Waals surface area contributed by atoms with Gasteiger partial charge in [0.15, 0.2) is 0 Å². The van der Waals surface area contributed by atoms with Crippen molar-refractivity contribution in [3.63, 3.8) is 0 Å². The fourth-order valence-corrected chi connectivity index (χ4v) is 1.82. The van der Waals surface area contributed by atoms with Crippen LogP contribution in [0, 0.1) is 6.92 Å². The van der Waals surface area contributed by atoms with E-state index < -0.39 is 0 Å². The zero-order chi connectivity index (χ0) is 12.8. The number of hydrogen-bond donors (Lipinski definition) is 0. The Balaban J connectivity index is 1.94. The second kappa shape index (κ2) is 6.06. The van der Waals surface area contributed by atoms with Crippen molar-refractivity contribution in [1.82, 2.24) is 0 Å². The highest BCUT2D eigenvalue weighted by Gasteiger charge is 1.96. The molecule has 0 N–H and O–H groups in total. The molecular weight excluding hydrogens is 218 g/mol. The normalized spacial score (nSPS) is 10.8.